The van der Waals surface area contributed by atoms with E-state index in [0.29, 0.717) is 30.3 Å². The smallest absolute Gasteiger partial charge is 0.230 e. The standard InChI is InChI=1S/C24H23ClFN3O3S/c1-13-8-14(25)9-17(23(13)32-20-11-27-6-5-18(20)26)16-4-7-28-19-10-15(33-24(16)19)12-29-21(30)2-3-22(29)31/h4,7-10,18,20,27H,2-3,5-6,11-12H2,1H3/t18-,20-/m0/s1. The van der Waals surface area contributed by atoms with Crippen molar-refractivity contribution >= 4 is 45.0 Å². The number of halogens is 2. The highest BCUT2D eigenvalue weighted by Gasteiger charge is 2.30. The summed E-state index contributed by atoms with van der Waals surface area (Å²) < 4.78 is 21.7. The minimum atomic E-state index is -1.05. The van der Waals surface area contributed by atoms with Crippen LogP contribution in [0, 0.1) is 6.92 Å². The molecule has 2 aliphatic heterocycles. The van der Waals surface area contributed by atoms with Gasteiger partial charge in [0.15, 0.2) is 0 Å². The minimum absolute atomic E-state index is 0.145. The third kappa shape index (κ3) is 4.35. The van der Waals surface area contributed by atoms with Gasteiger partial charge in [0.1, 0.15) is 18.0 Å². The molecule has 2 amide bonds. The average Bonchev–Trinajstić information content (AvgIpc) is 3.34. The van der Waals surface area contributed by atoms with Crippen LogP contribution in [0.5, 0.6) is 5.75 Å². The van der Waals surface area contributed by atoms with Crippen molar-refractivity contribution < 1.29 is 18.7 Å². The summed E-state index contributed by atoms with van der Waals surface area (Å²) in [6.45, 7) is 3.22. The first-order valence-corrected chi connectivity index (χ1v) is 12.1. The maximum Gasteiger partial charge on any atom is 0.230 e. The SMILES string of the molecule is Cc1cc(Cl)cc(-c2ccnc3cc(CN4C(=O)CCC4=O)sc23)c1O[C@H]1CNCC[C@@H]1F. The molecule has 0 unspecified atom stereocenters. The average molecular weight is 488 g/mol. The number of benzene rings is 1. The molecule has 2 saturated heterocycles. The first-order valence-electron chi connectivity index (χ1n) is 10.9. The number of nitrogens with zero attached hydrogens (tertiary/aromatic N) is 2. The fraction of sp³-hybridized carbons (Fsp3) is 0.375. The molecule has 0 saturated carbocycles. The number of carbonyl (C=O) groups excluding carboxylic acids is 2. The van der Waals surface area contributed by atoms with Crippen molar-refractivity contribution in [1.29, 1.82) is 0 Å². The van der Waals surface area contributed by atoms with Gasteiger partial charge in [-0.15, -0.1) is 11.3 Å². The lowest BCUT2D eigenvalue weighted by molar-refractivity contribution is -0.138. The third-order valence-corrected chi connectivity index (χ3v) is 7.44. The number of thiophene rings is 1. The number of likely N-dealkylation sites (tertiary alicyclic amines) is 1. The van der Waals surface area contributed by atoms with Gasteiger partial charge in [-0.3, -0.25) is 19.5 Å². The van der Waals surface area contributed by atoms with E-state index >= 15 is 0 Å². The first kappa shape index (κ1) is 22.3. The third-order valence-electron chi connectivity index (χ3n) is 6.08. The Labute approximate surface area is 199 Å². The highest BCUT2D eigenvalue weighted by Crippen LogP contribution is 2.42. The number of alkyl halides is 1. The van der Waals surface area contributed by atoms with Crippen LogP contribution in [0.2, 0.25) is 5.02 Å². The fourth-order valence-corrected chi connectivity index (χ4v) is 5.79. The van der Waals surface area contributed by atoms with Gasteiger partial charge in [-0.1, -0.05) is 11.6 Å². The van der Waals surface area contributed by atoms with Crippen LogP contribution in [0.4, 0.5) is 4.39 Å². The first-order chi connectivity index (χ1) is 15.9. The summed E-state index contributed by atoms with van der Waals surface area (Å²) in [5.74, 6) is 0.311. The number of pyridine rings is 1. The summed E-state index contributed by atoms with van der Waals surface area (Å²) in [6, 6.07) is 7.43. The Morgan fingerprint density at radius 2 is 2.03 bits per heavy atom. The number of nitrogens with one attached hydrogen (secondary N) is 1. The van der Waals surface area contributed by atoms with Crippen molar-refractivity contribution in [3.63, 3.8) is 0 Å². The molecular weight excluding hydrogens is 465 g/mol. The van der Waals surface area contributed by atoms with Crippen molar-refractivity contribution in [2.45, 2.75) is 45.0 Å². The van der Waals surface area contributed by atoms with E-state index in [4.69, 9.17) is 16.3 Å². The van der Waals surface area contributed by atoms with Crippen molar-refractivity contribution in [2.75, 3.05) is 13.1 Å². The van der Waals surface area contributed by atoms with Gasteiger partial charge in [-0.25, -0.2) is 4.39 Å². The van der Waals surface area contributed by atoms with Crippen LogP contribution in [0.25, 0.3) is 21.3 Å². The Hall–Kier alpha value is -2.55. The molecule has 0 spiro atoms. The molecule has 2 aliphatic rings. The zero-order valence-electron chi connectivity index (χ0n) is 18.1. The number of amides is 2. The molecule has 2 fully saturated rings. The van der Waals surface area contributed by atoms with Crippen molar-refractivity contribution in [3.05, 3.63) is 45.9 Å². The van der Waals surface area contributed by atoms with Crippen LogP contribution in [0.3, 0.4) is 0 Å². The van der Waals surface area contributed by atoms with Crippen molar-refractivity contribution in [2.24, 2.45) is 0 Å². The fourth-order valence-electron chi connectivity index (χ4n) is 4.38. The van der Waals surface area contributed by atoms with Gasteiger partial charge < -0.3 is 10.1 Å². The topological polar surface area (TPSA) is 71.5 Å². The monoisotopic (exact) mass is 487 g/mol. The number of rotatable bonds is 5. The number of aromatic nitrogens is 1. The van der Waals surface area contributed by atoms with Gasteiger partial charge in [0, 0.05) is 46.6 Å². The Morgan fingerprint density at radius 3 is 2.79 bits per heavy atom. The number of piperidine rings is 1. The van der Waals surface area contributed by atoms with Crippen LogP contribution < -0.4 is 10.1 Å². The molecule has 0 aliphatic carbocycles. The molecular formula is C24H23ClFN3O3S. The highest BCUT2D eigenvalue weighted by molar-refractivity contribution is 7.19. The maximum absolute atomic E-state index is 14.5. The number of aryl methyl sites for hydroxylation is 1. The molecule has 9 heteroatoms. The van der Waals surface area contributed by atoms with Crippen molar-refractivity contribution in [3.8, 4) is 16.9 Å². The predicted octanol–water partition coefficient (Wildman–Crippen LogP) is 4.65. The summed E-state index contributed by atoms with van der Waals surface area (Å²) in [4.78, 5) is 30.8. The van der Waals surface area contributed by atoms with Crippen LogP contribution in [0.1, 0.15) is 29.7 Å². The lowest BCUT2D eigenvalue weighted by Gasteiger charge is -2.29. The second-order valence-electron chi connectivity index (χ2n) is 8.42. The van der Waals surface area contributed by atoms with Gasteiger partial charge in [0.2, 0.25) is 11.8 Å². The molecule has 3 aromatic rings. The number of imide groups is 1. The summed E-state index contributed by atoms with van der Waals surface area (Å²) in [5, 5.41) is 3.75. The molecule has 1 aromatic carbocycles. The summed E-state index contributed by atoms with van der Waals surface area (Å²) in [5.41, 5.74) is 3.23. The van der Waals surface area contributed by atoms with Gasteiger partial charge in [0.25, 0.3) is 0 Å². The van der Waals surface area contributed by atoms with Gasteiger partial charge in [0.05, 0.1) is 16.8 Å². The van der Waals surface area contributed by atoms with Gasteiger partial charge in [-0.05, 0) is 49.7 Å². The van der Waals surface area contributed by atoms with Crippen molar-refractivity contribution in [1.82, 2.24) is 15.2 Å². The van der Waals surface area contributed by atoms with Crippen LogP contribution in [0.15, 0.2) is 30.5 Å². The molecule has 2 aromatic heterocycles. The van der Waals surface area contributed by atoms with E-state index in [1.54, 1.807) is 6.20 Å². The number of fused-ring (bicyclic) bond motifs is 1. The summed E-state index contributed by atoms with van der Waals surface area (Å²) >= 11 is 7.89. The second-order valence-corrected chi connectivity index (χ2v) is 10.00. The molecule has 4 heterocycles. The lowest BCUT2D eigenvalue weighted by Crippen LogP contribution is -2.45. The zero-order chi connectivity index (χ0) is 23.1. The molecule has 0 radical (unpaired) electrons. The second kappa shape index (κ2) is 9.00. The van der Waals surface area contributed by atoms with E-state index in [1.807, 2.05) is 31.2 Å². The molecule has 0 bridgehead atoms. The van der Waals surface area contributed by atoms with Crippen LogP contribution in [-0.2, 0) is 16.1 Å². The number of carbonyl (C=O) groups is 2. The van der Waals surface area contributed by atoms with E-state index in [9.17, 15) is 14.0 Å². The van der Waals surface area contributed by atoms with Crippen LogP contribution in [-0.4, -0.2) is 47.1 Å². The van der Waals surface area contributed by atoms with Gasteiger partial charge >= 0.3 is 0 Å². The Balaban J connectivity index is 1.55. The van der Waals surface area contributed by atoms with E-state index in [2.05, 4.69) is 10.3 Å². The van der Waals surface area contributed by atoms with Gasteiger partial charge in [-0.2, -0.15) is 0 Å². The van der Waals surface area contributed by atoms with E-state index in [1.165, 1.54) is 16.2 Å². The summed E-state index contributed by atoms with van der Waals surface area (Å²) in [7, 11) is 0. The van der Waals surface area contributed by atoms with E-state index < -0.39 is 12.3 Å². The van der Waals surface area contributed by atoms with E-state index in [-0.39, 0.29) is 31.2 Å². The summed E-state index contributed by atoms with van der Waals surface area (Å²) in [6.07, 6.45) is 1.02. The molecule has 33 heavy (non-hydrogen) atoms. The normalized spacial score (nSPS) is 21.2. The molecule has 6 nitrogen and oxygen atoms in total. The van der Waals surface area contributed by atoms with Crippen LogP contribution >= 0.6 is 22.9 Å². The largest absolute Gasteiger partial charge is 0.485 e. The highest BCUT2D eigenvalue weighted by atomic mass is 35.5. The molecule has 172 valence electrons. The minimum Gasteiger partial charge on any atom is -0.485 e. The Kier molecular flexibility index (Phi) is 6.07. The Morgan fingerprint density at radius 1 is 1.24 bits per heavy atom. The quantitative estimate of drug-likeness (QED) is 0.530. The number of ether oxygens (including phenoxy) is 1. The maximum atomic E-state index is 14.5. The zero-order valence-corrected chi connectivity index (χ0v) is 19.6. The Bertz CT molecular complexity index is 1230. The lowest BCUT2D eigenvalue weighted by atomic mass is 10.0. The van der Waals surface area contributed by atoms with E-state index in [0.717, 1.165) is 31.8 Å². The molecule has 2 atom stereocenters. The predicted molar refractivity (Wildman–Crippen MR) is 126 cm³/mol. The number of hydrogen-bond donors (Lipinski definition) is 1. The number of hydrogen-bond acceptors (Lipinski definition) is 6. The molecule has 5 rings (SSSR count). The molecule has 1 N–H and O–H groups in total.